The van der Waals surface area contributed by atoms with Crippen LogP contribution in [0.5, 0.6) is 11.5 Å². The van der Waals surface area contributed by atoms with Crippen LogP contribution >= 0.6 is 11.6 Å². The molecule has 0 saturated heterocycles. The summed E-state index contributed by atoms with van der Waals surface area (Å²) in [5.41, 5.74) is 4.02. The van der Waals surface area contributed by atoms with Crippen molar-refractivity contribution in [3.05, 3.63) is 93.3 Å². The molecule has 0 heterocycles. The average Bonchev–Trinajstić information content (AvgIpc) is 2.68. The van der Waals surface area contributed by atoms with Crippen molar-refractivity contribution in [1.82, 2.24) is 0 Å². The van der Waals surface area contributed by atoms with E-state index in [4.69, 9.17) is 16.3 Å². The first-order valence-corrected chi connectivity index (χ1v) is 9.70. The van der Waals surface area contributed by atoms with Gasteiger partial charge in [-0.05, 0) is 53.1 Å². The molecular weight excluding hydrogens is 375 g/mol. The van der Waals surface area contributed by atoms with E-state index >= 15 is 0 Å². The van der Waals surface area contributed by atoms with Gasteiger partial charge in [-0.2, -0.15) is 0 Å². The van der Waals surface area contributed by atoms with Gasteiger partial charge in [-0.25, -0.2) is 4.39 Å². The average molecular weight is 399 g/mol. The molecule has 4 heteroatoms. The van der Waals surface area contributed by atoms with Crippen LogP contribution < -0.4 is 4.74 Å². The van der Waals surface area contributed by atoms with E-state index in [1.807, 2.05) is 56.3 Å². The summed E-state index contributed by atoms with van der Waals surface area (Å²) in [4.78, 5) is 0. The summed E-state index contributed by atoms with van der Waals surface area (Å²) in [6, 6.07) is 16.6. The van der Waals surface area contributed by atoms with Crippen molar-refractivity contribution in [1.29, 1.82) is 0 Å². The largest absolute Gasteiger partial charge is 0.508 e. The van der Waals surface area contributed by atoms with Gasteiger partial charge < -0.3 is 9.84 Å². The number of rotatable bonds is 6. The van der Waals surface area contributed by atoms with Gasteiger partial charge in [-0.15, -0.1) is 0 Å². The van der Waals surface area contributed by atoms with Gasteiger partial charge in [0, 0.05) is 11.1 Å². The maximum absolute atomic E-state index is 14.9. The first-order chi connectivity index (χ1) is 13.4. The highest BCUT2D eigenvalue weighted by atomic mass is 35.5. The minimum absolute atomic E-state index is 0.156. The lowest BCUT2D eigenvalue weighted by atomic mass is 9.95. The molecule has 0 aliphatic carbocycles. The van der Waals surface area contributed by atoms with Crippen LogP contribution in [-0.2, 0) is 13.0 Å². The van der Waals surface area contributed by atoms with Crippen LogP contribution in [0.1, 0.15) is 47.6 Å². The molecule has 0 aliphatic rings. The van der Waals surface area contributed by atoms with Gasteiger partial charge in [0.2, 0.25) is 0 Å². The molecule has 0 atom stereocenters. The Balaban J connectivity index is 1.85. The fraction of sp³-hybridized carbons (Fsp3) is 0.250. The number of aromatic hydroxyl groups is 1. The molecule has 3 rings (SSSR count). The van der Waals surface area contributed by atoms with Crippen LogP contribution in [0.3, 0.4) is 0 Å². The van der Waals surface area contributed by atoms with Crippen molar-refractivity contribution >= 4 is 11.6 Å². The van der Waals surface area contributed by atoms with Gasteiger partial charge >= 0.3 is 0 Å². The molecule has 0 fully saturated rings. The maximum atomic E-state index is 14.9. The van der Waals surface area contributed by atoms with E-state index in [1.165, 1.54) is 0 Å². The SMILES string of the molecule is Cc1c(F)c(OCc2ccccc2)cc(Cl)c1Cc1ccc(O)c(C(C)C)c1. The summed E-state index contributed by atoms with van der Waals surface area (Å²) in [7, 11) is 0. The molecule has 0 aliphatic heterocycles. The second kappa shape index (κ2) is 8.66. The Kier molecular flexibility index (Phi) is 6.25. The van der Waals surface area contributed by atoms with Crippen molar-refractivity contribution < 1.29 is 14.2 Å². The zero-order chi connectivity index (χ0) is 20.3. The molecule has 0 spiro atoms. The quantitative estimate of drug-likeness (QED) is 0.495. The van der Waals surface area contributed by atoms with E-state index in [9.17, 15) is 9.50 Å². The molecule has 0 unspecified atom stereocenters. The summed E-state index contributed by atoms with van der Waals surface area (Å²) in [5, 5.41) is 10.5. The lowest BCUT2D eigenvalue weighted by Crippen LogP contribution is -2.03. The Morgan fingerprint density at radius 3 is 2.43 bits per heavy atom. The summed E-state index contributed by atoms with van der Waals surface area (Å²) in [5.74, 6) is 0.237. The zero-order valence-corrected chi connectivity index (χ0v) is 17.1. The second-order valence-electron chi connectivity index (χ2n) is 7.27. The second-order valence-corrected chi connectivity index (χ2v) is 7.68. The molecule has 3 aromatic rings. The number of ether oxygens (including phenoxy) is 1. The number of halogens is 2. The highest BCUT2D eigenvalue weighted by Crippen LogP contribution is 2.34. The van der Waals surface area contributed by atoms with Gasteiger partial charge in [0.25, 0.3) is 0 Å². The third-order valence-corrected chi connectivity index (χ3v) is 5.21. The van der Waals surface area contributed by atoms with E-state index in [-0.39, 0.29) is 24.0 Å². The minimum atomic E-state index is -0.391. The molecule has 3 aromatic carbocycles. The molecular formula is C24H24ClFO2. The summed E-state index contributed by atoms with van der Waals surface area (Å²) in [6.07, 6.45) is 0.487. The normalized spacial score (nSPS) is 11.1. The number of benzene rings is 3. The topological polar surface area (TPSA) is 29.5 Å². The molecule has 1 N–H and O–H groups in total. The number of phenolic OH excluding ortho intramolecular Hbond substituents is 1. The summed E-state index contributed by atoms with van der Waals surface area (Å²) >= 11 is 6.48. The molecule has 2 nitrogen and oxygen atoms in total. The molecule has 0 saturated carbocycles. The van der Waals surface area contributed by atoms with Crippen molar-refractivity contribution in [3.8, 4) is 11.5 Å². The van der Waals surface area contributed by atoms with E-state index < -0.39 is 5.82 Å². The Hall–Kier alpha value is -2.52. The smallest absolute Gasteiger partial charge is 0.168 e. The van der Waals surface area contributed by atoms with E-state index in [0.717, 1.165) is 22.3 Å². The van der Waals surface area contributed by atoms with Crippen molar-refractivity contribution in [2.45, 2.75) is 39.7 Å². The fourth-order valence-electron chi connectivity index (χ4n) is 3.20. The van der Waals surface area contributed by atoms with Crippen LogP contribution in [0, 0.1) is 12.7 Å². The standard InChI is InChI=1S/C24H24ClFO2/c1-15(2)19-11-18(9-10-22(19)27)12-20-16(3)24(26)23(13-21(20)25)28-14-17-7-5-4-6-8-17/h4-11,13,15,27H,12,14H2,1-3H3. The first-order valence-electron chi connectivity index (χ1n) is 9.32. The molecule has 0 bridgehead atoms. The number of phenols is 1. The molecule has 146 valence electrons. The molecule has 28 heavy (non-hydrogen) atoms. The monoisotopic (exact) mass is 398 g/mol. The van der Waals surface area contributed by atoms with Crippen molar-refractivity contribution in [2.75, 3.05) is 0 Å². The Morgan fingerprint density at radius 2 is 1.75 bits per heavy atom. The van der Waals surface area contributed by atoms with Crippen LogP contribution in [0.2, 0.25) is 5.02 Å². The maximum Gasteiger partial charge on any atom is 0.168 e. The van der Waals surface area contributed by atoms with Crippen molar-refractivity contribution in [3.63, 3.8) is 0 Å². The lowest BCUT2D eigenvalue weighted by molar-refractivity contribution is 0.289. The van der Waals surface area contributed by atoms with Crippen LogP contribution in [0.15, 0.2) is 54.6 Å². The van der Waals surface area contributed by atoms with Gasteiger partial charge in [0.1, 0.15) is 12.4 Å². The van der Waals surface area contributed by atoms with E-state index in [2.05, 4.69) is 0 Å². The number of hydrogen-bond donors (Lipinski definition) is 1. The summed E-state index contributed by atoms with van der Waals surface area (Å²) < 4.78 is 20.6. The lowest BCUT2D eigenvalue weighted by Gasteiger charge is -2.16. The van der Waals surface area contributed by atoms with Gasteiger partial charge in [-0.1, -0.05) is 67.9 Å². The Labute approximate surface area is 170 Å². The third kappa shape index (κ3) is 4.48. The number of hydrogen-bond acceptors (Lipinski definition) is 2. The highest BCUT2D eigenvalue weighted by Gasteiger charge is 2.17. The van der Waals surface area contributed by atoms with Gasteiger partial charge in [0.05, 0.1) is 0 Å². The van der Waals surface area contributed by atoms with Crippen LogP contribution in [-0.4, -0.2) is 5.11 Å². The zero-order valence-electron chi connectivity index (χ0n) is 16.3. The predicted molar refractivity (Wildman–Crippen MR) is 112 cm³/mol. The molecule has 0 radical (unpaired) electrons. The minimum Gasteiger partial charge on any atom is -0.508 e. The first kappa shape index (κ1) is 20.2. The summed E-state index contributed by atoms with van der Waals surface area (Å²) in [6.45, 7) is 6.05. The fourth-order valence-corrected chi connectivity index (χ4v) is 3.51. The van der Waals surface area contributed by atoms with E-state index in [0.29, 0.717) is 17.0 Å². The van der Waals surface area contributed by atoms with Gasteiger partial charge in [0.15, 0.2) is 11.6 Å². The molecule has 0 amide bonds. The van der Waals surface area contributed by atoms with Crippen LogP contribution in [0.4, 0.5) is 4.39 Å². The van der Waals surface area contributed by atoms with E-state index in [1.54, 1.807) is 19.1 Å². The predicted octanol–water partition coefficient (Wildman–Crippen LogP) is 6.79. The third-order valence-electron chi connectivity index (χ3n) is 4.88. The van der Waals surface area contributed by atoms with Crippen LogP contribution in [0.25, 0.3) is 0 Å². The Morgan fingerprint density at radius 1 is 1.04 bits per heavy atom. The highest BCUT2D eigenvalue weighted by molar-refractivity contribution is 6.31. The Bertz CT molecular complexity index is 968. The molecule has 0 aromatic heterocycles. The van der Waals surface area contributed by atoms with Gasteiger partial charge in [-0.3, -0.25) is 0 Å². The van der Waals surface area contributed by atoms with Crippen molar-refractivity contribution in [2.24, 2.45) is 0 Å².